The largest absolute Gasteiger partial charge is 0.489 e. The molecule has 4 heterocycles. The number of piperazine rings is 1. The van der Waals surface area contributed by atoms with E-state index in [4.69, 9.17) is 18.9 Å². The molecule has 0 spiro atoms. The highest BCUT2D eigenvalue weighted by atomic mass is 19.1. The highest BCUT2D eigenvalue weighted by molar-refractivity contribution is 5.62. The predicted octanol–water partition coefficient (Wildman–Crippen LogP) is 2.88. The number of rotatable bonds is 8. The first-order valence-electron chi connectivity index (χ1n) is 14.1. The second kappa shape index (κ2) is 12.5. The van der Waals surface area contributed by atoms with Crippen LogP contribution in [0.3, 0.4) is 0 Å². The van der Waals surface area contributed by atoms with E-state index in [1.807, 2.05) is 6.07 Å². The molecule has 3 saturated heterocycles. The van der Waals surface area contributed by atoms with Crippen molar-refractivity contribution in [3.05, 3.63) is 53.4 Å². The van der Waals surface area contributed by atoms with E-state index in [-0.39, 0.29) is 17.9 Å². The van der Waals surface area contributed by atoms with Crippen LogP contribution in [0.15, 0.2) is 47.8 Å². The van der Waals surface area contributed by atoms with E-state index in [0.717, 1.165) is 52.2 Å². The van der Waals surface area contributed by atoms with Gasteiger partial charge in [0, 0.05) is 63.8 Å². The Morgan fingerprint density at radius 1 is 1.10 bits per heavy atom. The summed E-state index contributed by atoms with van der Waals surface area (Å²) in [5, 5.41) is 12.9. The number of nitrogens with one attached hydrogen (secondary N) is 1. The Kier molecular flexibility index (Phi) is 8.38. The molecule has 216 valence electrons. The Labute approximate surface area is 238 Å². The van der Waals surface area contributed by atoms with E-state index < -0.39 is 6.10 Å². The third-order valence-corrected chi connectivity index (χ3v) is 8.00. The number of ether oxygens (including phenoxy) is 4. The van der Waals surface area contributed by atoms with Gasteiger partial charge in [-0.3, -0.25) is 4.90 Å². The fourth-order valence-electron chi connectivity index (χ4n) is 5.61. The van der Waals surface area contributed by atoms with E-state index in [1.54, 1.807) is 19.2 Å². The van der Waals surface area contributed by atoms with Crippen molar-refractivity contribution in [1.29, 1.82) is 5.26 Å². The van der Waals surface area contributed by atoms with Crippen molar-refractivity contribution in [2.75, 3.05) is 65.0 Å². The van der Waals surface area contributed by atoms with E-state index in [9.17, 15) is 5.26 Å². The molecule has 1 atom stereocenters. The molecule has 11 nitrogen and oxygen atoms in total. The molecule has 41 heavy (non-hydrogen) atoms. The lowest BCUT2D eigenvalue weighted by Gasteiger charge is -2.45. The molecule has 2 aromatic rings. The molecule has 6 rings (SSSR count). The maximum Gasteiger partial charge on any atom is 0.230 e. The van der Waals surface area contributed by atoms with E-state index in [1.165, 1.54) is 12.4 Å². The predicted molar refractivity (Wildman–Crippen MR) is 147 cm³/mol. The molecule has 1 N–H and O–H groups in total. The Morgan fingerprint density at radius 3 is 2.61 bits per heavy atom. The molecule has 0 radical (unpaired) electrons. The second-order valence-electron chi connectivity index (χ2n) is 10.6. The van der Waals surface area contributed by atoms with Gasteiger partial charge in [0.2, 0.25) is 5.95 Å². The normalized spacial score (nSPS) is 22.6. The second-order valence-corrected chi connectivity index (χ2v) is 10.6. The molecule has 1 aromatic carbocycles. The van der Waals surface area contributed by atoms with E-state index >= 15 is 4.39 Å². The molecule has 4 aliphatic rings. The lowest BCUT2D eigenvalue weighted by Crippen LogP contribution is -2.57. The number of aromatic nitrogens is 3. The van der Waals surface area contributed by atoms with Crippen molar-refractivity contribution in [2.45, 2.75) is 37.5 Å². The molecule has 1 aromatic heterocycles. The van der Waals surface area contributed by atoms with Crippen LogP contribution in [0.4, 0.5) is 10.3 Å². The van der Waals surface area contributed by atoms with Gasteiger partial charge in [0.1, 0.15) is 36.2 Å². The average Bonchev–Trinajstić information content (AvgIpc) is 2.97. The van der Waals surface area contributed by atoms with Gasteiger partial charge in [0.05, 0.1) is 43.7 Å². The van der Waals surface area contributed by atoms with Gasteiger partial charge in [0.25, 0.3) is 0 Å². The molecular formula is C29H34FN7O4. The number of hydrogen-bond acceptors (Lipinski definition) is 11. The van der Waals surface area contributed by atoms with Crippen LogP contribution in [0.25, 0.3) is 11.4 Å². The molecule has 0 bridgehead atoms. The number of nitriles is 1. The summed E-state index contributed by atoms with van der Waals surface area (Å²) in [5.41, 5.74) is 2.26. The number of methoxy groups -OCH3 is 1. The van der Waals surface area contributed by atoms with E-state index in [2.05, 4.69) is 36.1 Å². The van der Waals surface area contributed by atoms with Crippen LogP contribution in [0, 0.1) is 11.3 Å². The minimum absolute atomic E-state index is 0.0244. The van der Waals surface area contributed by atoms with Crippen molar-refractivity contribution in [2.24, 2.45) is 0 Å². The minimum atomic E-state index is -0.427. The Morgan fingerprint density at radius 2 is 1.90 bits per heavy atom. The van der Waals surface area contributed by atoms with Crippen LogP contribution < -0.4 is 10.1 Å². The summed E-state index contributed by atoms with van der Waals surface area (Å²) >= 11 is 0. The van der Waals surface area contributed by atoms with E-state index in [0.29, 0.717) is 59.8 Å². The number of anilines is 1. The summed E-state index contributed by atoms with van der Waals surface area (Å²) in [6, 6.07) is 8.00. The van der Waals surface area contributed by atoms with Gasteiger partial charge in [-0.15, -0.1) is 0 Å². The Hall–Kier alpha value is -3.63. The topological polar surface area (TPSA) is 118 Å². The first kappa shape index (κ1) is 27.5. The van der Waals surface area contributed by atoms with Gasteiger partial charge in [-0.2, -0.15) is 10.2 Å². The van der Waals surface area contributed by atoms with Crippen LogP contribution >= 0.6 is 0 Å². The first-order valence-corrected chi connectivity index (χ1v) is 14.1. The molecule has 0 amide bonds. The fourth-order valence-corrected chi connectivity index (χ4v) is 5.61. The van der Waals surface area contributed by atoms with Crippen LogP contribution in [-0.4, -0.2) is 103 Å². The number of allylic oxidation sites excluding steroid dienone is 2. The monoisotopic (exact) mass is 563 g/mol. The maximum atomic E-state index is 15.5. The van der Waals surface area contributed by atoms with Crippen LogP contribution in [-0.2, 0) is 14.2 Å². The highest BCUT2D eigenvalue weighted by Crippen LogP contribution is 2.32. The molecule has 3 aliphatic heterocycles. The zero-order valence-electron chi connectivity index (χ0n) is 23.1. The smallest absolute Gasteiger partial charge is 0.230 e. The summed E-state index contributed by atoms with van der Waals surface area (Å²) in [6.07, 6.45) is 4.52. The number of benzene rings is 1. The summed E-state index contributed by atoms with van der Waals surface area (Å²) in [7, 11) is 1.60. The molecule has 1 unspecified atom stereocenters. The summed E-state index contributed by atoms with van der Waals surface area (Å²) in [4.78, 5) is 17.6. The first-order chi connectivity index (χ1) is 20.1. The SMILES string of the molecule is COC1CC(Nc2ncnc(-c3ccc(OC4CCOCC4)c(C#N)c3)n2)=CC(F)=C1N1CCN(C2COC2)CC1. The van der Waals surface area contributed by atoms with Crippen LogP contribution in [0.1, 0.15) is 24.8 Å². The van der Waals surface area contributed by atoms with Gasteiger partial charge in [-0.05, 0) is 24.3 Å². The summed E-state index contributed by atoms with van der Waals surface area (Å²) < 4.78 is 38.0. The number of nitrogens with zero attached hydrogens (tertiary/aromatic N) is 6. The van der Waals surface area contributed by atoms with Gasteiger partial charge >= 0.3 is 0 Å². The summed E-state index contributed by atoms with van der Waals surface area (Å²) in [6.45, 7) is 6.11. The quantitative estimate of drug-likeness (QED) is 0.511. The molecule has 3 fully saturated rings. The zero-order valence-corrected chi connectivity index (χ0v) is 23.1. The van der Waals surface area contributed by atoms with Crippen molar-refractivity contribution in [3.63, 3.8) is 0 Å². The molecule has 12 heteroatoms. The molecule has 0 saturated carbocycles. The van der Waals surface area contributed by atoms with Crippen LogP contribution in [0.2, 0.25) is 0 Å². The van der Waals surface area contributed by atoms with Gasteiger partial charge < -0.3 is 29.2 Å². The lowest BCUT2D eigenvalue weighted by molar-refractivity contribution is -0.0763. The van der Waals surface area contributed by atoms with Crippen LogP contribution in [0.5, 0.6) is 5.75 Å². The maximum absolute atomic E-state index is 15.5. The minimum Gasteiger partial charge on any atom is -0.489 e. The summed E-state index contributed by atoms with van der Waals surface area (Å²) in [5.74, 6) is 0.886. The number of halogens is 1. The Balaban J connectivity index is 1.15. The van der Waals surface area contributed by atoms with Gasteiger partial charge in [-0.1, -0.05) is 0 Å². The van der Waals surface area contributed by atoms with Crippen molar-refractivity contribution >= 4 is 5.95 Å². The lowest BCUT2D eigenvalue weighted by atomic mass is 10.0. The highest BCUT2D eigenvalue weighted by Gasteiger charge is 2.34. The fraction of sp³-hybridized carbons (Fsp3) is 0.517. The van der Waals surface area contributed by atoms with Crippen molar-refractivity contribution in [3.8, 4) is 23.2 Å². The van der Waals surface area contributed by atoms with Crippen molar-refractivity contribution in [1.82, 2.24) is 24.8 Å². The third-order valence-electron chi connectivity index (χ3n) is 8.00. The third kappa shape index (κ3) is 6.18. The average molecular weight is 564 g/mol. The molecule has 1 aliphatic carbocycles. The standard InChI is InChI=1S/C29H34FN7O4/c1-38-26-14-21(13-24(30)27(26)37-8-6-36(7-9-37)22-16-40-17-22)34-29-33-18-32-28(35-29)19-2-3-25(20(12-19)15-31)41-23-4-10-39-11-5-23/h2-3,12-13,18,22-23,26H,4-11,14,16-17H2,1H3,(H,32,33,34,35). The van der Waals surface area contributed by atoms with Crippen molar-refractivity contribution < 1.29 is 23.3 Å². The Bertz CT molecular complexity index is 1340. The molecular weight excluding hydrogens is 529 g/mol. The number of hydrogen-bond donors (Lipinski definition) is 1. The van der Waals surface area contributed by atoms with Gasteiger partial charge in [-0.25, -0.2) is 14.4 Å². The van der Waals surface area contributed by atoms with Gasteiger partial charge in [0.15, 0.2) is 5.82 Å². The zero-order chi connectivity index (χ0) is 28.2.